The summed E-state index contributed by atoms with van der Waals surface area (Å²) in [5.74, 6) is -0.475. The zero-order chi connectivity index (χ0) is 20.1. The first kappa shape index (κ1) is 19.9. The molecule has 0 spiro atoms. The molecule has 2 aromatic carbocycles. The van der Waals surface area contributed by atoms with Crippen LogP contribution >= 0.6 is 0 Å². The van der Waals surface area contributed by atoms with Crippen LogP contribution in [-0.2, 0) is 14.3 Å². The van der Waals surface area contributed by atoms with Gasteiger partial charge in [0.1, 0.15) is 26.3 Å². The van der Waals surface area contributed by atoms with E-state index in [-0.39, 0.29) is 19.1 Å². The van der Waals surface area contributed by atoms with E-state index in [1.54, 1.807) is 0 Å². The molecule has 0 aliphatic heterocycles. The Hall–Kier alpha value is -2.86. The number of benzene rings is 2. The standard InChI is InChI=1S/C22H26N2O4/c1-24(2,3)12-13-27-21(25)14-23-22(26)28-15-20-18-10-6-4-8-16(18)17-9-5-7-11-19(17)20/h4-11,20H,12-15H2,1-3H3/p+1. The Balaban J connectivity index is 1.49. The number of ether oxygens (including phenoxy) is 2. The van der Waals surface area contributed by atoms with Crippen LogP contribution in [-0.4, -0.2) is 64.0 Å². The monoisotopic (exact) mass is 383 g/mol. The van der Waals surface area contributed by atoms with Gasteiger partial charge in [0.2, 0.25) is 0 Å². The Labute approximate surface area is 165 Å². The number of nitrogens with zero attached hydrogens (tertiary/aromatic N) is 1. The highest BCUT2D eigenvalue weighted by atomic mass is 16.6. The molecule has 148 valence electrons. The molecule has 0 fully saturated rings. The van der Waals surface area contributed by atoms with Gasteiger partial charge in [-0.15, -0.1) is 0 Å². The lowest BCUT2D eigenvalue weighted by atomic mass is 9.98. The van der Waals surface area contributed by atoms with Crippen LogP contribution < -0.4 is 5.32 Å². The minimum absolute atomic E-state index is 0.00495. The largest absolute Gasteiger partial charge is 0.458 e. The van der Waals surface area contributed by atoms with Crippen LogP contribution in [0.3, 0.4) is 0 Å². The highest BCUT2D eigenvalue weighted by molar-refractivity contribution is 5.80. The zero-order valence-electron chi connectivity index (χ0n) is 16.6. The summed E-state index contributed by atoms with van der Waals surface area (Å²) in [6.45, 7) is 1.04. The van der Waals surface area contributed by atoms with Gasteiger partial charge in [-0.2, -0.15) is 0 Å². The molecule has 28 heavy (non-hydrogen) atoms. The molecule has 2 aromatic rings. The molecule has 0 bridgehead atoms. The minimum Gasteiger partial charge on any atom is -0.458 e. The number of carbonyl (C=O) groups excluding carboxylic acids is 2. The van der Waals surface area contributed by atoms with E-state index in [1.165, 1.54) is 11.1 Å². The highest BCUT2D eigenvalue weighted by Gasteiger charge is 2.29. The summed E-state index contributed by atoms with van der Waals surface area (Å²) in [7, 11) is 6.05. The quantitative estimate of drug-likeness (QED) is 0.590. The Morgan fingerprint density at radius 1 is 0.929 bits per heavy atom. The van der Waals surface area contributed by atoms with Crippen LogP contribution in [0.2, 0.25) is 0 Å². The maximum absolute atomic E-state index is 12.0. The number of carbonyl (C=O) groups is 2. The van der Waals surface area contributed by atoms with Gasteiger partial charge >= 0.3 is 12.1 Å². The molecule has 0 aromatic heterocycles. The van der Waals surface area contributed by atoms with Crippen LogP contribution in [0.1, 0.15) is 17.0 Å². The second kappa shape index (κ2) is 8.44. The molecule has 1 amide bonds. The van der Waals surface area contributed by atoms with Crippen LogP contribution in [0.4, 0.5) is 4.79 Å². The van der Waals surface area contributed by atoms with Gasteiger partial charge in [0.25, 0.3) is 0 Å². The Kier molecular flexibility index (Phi) is 5.99. The molecule has 6 nitrogen and oxygen atoms in total. The number of rotatable bonds is 7. The fraction of sp³-hybridized carbons (Fsp3) is 0.364. The van der Waals surface area contributed by atoms with Crippen molar-refractivity contribution >= 4 is 12.1 Å². The summed E-state index contributed by atoms with van der Waals surface area (Å²) < 4.78 is 11.2. The Morgan fingerprint density at radius 2 is 1.50 bits per heavy atom. The summed E-state index contributed by atoms with van der Waals surface area (Å²) in [4.78, 5) is 23.7. The van der Waals surface area contributed by atoms with Crippen molar-refractivity contribution in [2.45, 2.75) is 5.92 Å². The lowest BCUT2D eigenvalue weighted by Crippen LogP contribution is -2.39. The molecule has 1 N–H and O–H groups in total. The number of nitrogens with one attached hydrogen (secondary N) is 1. The second-order valence-corrected chi connectivity index (χ2v) is 7.91. The van der Waals surface area contributed by atoms with Crippen molar-refractivity contribution in [2.24, 2.45) is 0 Å². The van der Waals surface area contributed by atoms with Crippen molar-refractivity contribution in [3.63, 3.8) is 0 Å². The van der Waals surface area contributed by atoms with E-state index < -0.39 is 12.1 Å². The summed E-state index contributed by atoms with van der Waals surface area (Å²) in [6, 6.07) is 16.3. The number of hydrogen-bond acceptors (Lipinski definition) is 4. The van der Waals surface area contributed by atoms with Crippen molar-refractivity contribution in [1.82, 2.24) is 5.32 Å². The van der Waals surface area contributed by atoms with E-state index in [1.807, 2.05) is 45.4 Å². The van der Waals surface area contributed by atoms with Gasteiger partial charge < -0.3 is 19.3 Å². The van der Waals surface area contributed by atoms with Gasteiger partial charge in [0, 0.05) is 5.92 Å². The molecule has 0 unspecified atom stereocenters. The number of alkyl carbamates (subject to hydrolysis) is 1. The second-order valence-electron chi connectivity index (χ2n) is 7.91. The molecule has 1 aliphatic rings. The first-order valence-electron chi connectivity index (χ1n) is 9.40. The maximum atomic E-state index is 12.0. The number of fused-ring (bicyclic) bond motifs is 3. The van der Waals surface area contributed by atoms with Crippen molar-refractivity contribution in [1.29, 1.82) is 0 Å². The molecule has 0 atom stereocenters. The zero-order valence-corrected chi connectivity index (χ0v) is 16.6. The fourth-order valence-corrected chi connectivity index (χ4v) is 3.28. The SMILES string of the molecule is C[N+](C)(C)CCOC(=O)CNC(=O)OCC1c2ccccc2-c2ccccc21. The van der Waals surface area contributed by atoms with E-state index in [9.17, 15) is 9.59 Å². The first-order valence-corrected chi connectivity index (χ1v) is 9.40. The molecule has 6 heteroatoms. The molecule has 0 saturated heterocycles. The van der Waals surface area contributed by atoms with Gasteiger partial charge in [0.05, 0.1) is 21.1 Å². The molecule has 3 rings (SSSR count). The molecular formula is C22H27N2O4+. The van der Waals surface area contributed by atoms with E-state index in [0.717, 1.165) is 11.1 Å². The van der Waals surface area contributed by atoms with E-state index in [4.69, 9.17) is 9.47 Å². The number of amides is 1. The third-order valence-corrected chi connectivity index (χ3v) is 4.75. The Bertz CT molecular complexity index is 812. The fourth-order valence-electron chi connectivity index (χ4n) is 3.28. The molecular weight excluding hydrogens is 356 g/mol. The smallest absolute Gasteiger partial charge is 0.407 e. The van der Waals surface area contributed by atoms with E-state index in [2.05, 4.69) is 29.6 Å². The summed E-state index contributed by atoms with van der Waals surface area (Å²) in [5, 5.41) is 2.46. The van der Waals surface area contributed by atoms with Gasteiger partial charge in [-0.25, -0.2) is 4.79 Å². The summed E-state index contributed by atoms with van der Waals surface area (Å²) in [6.07, 6.45) is -0.620. The van der Waals surface area contributed by atoms with Gasteiger partial charge in [0.15, 0.2) is 0 Å². The summed E-state index contributed by atoms with van der Waals surface area (Å²) >= 11 is 0. The predicted molar refractivity (Wildman–Crippen MR) is 107 cm³/mol. The van der Waals surface area contributed by atoms with Crippen molar-refractivity contribution in [3.05, 3.63) is 59.7 Å². The van der Waals surface area contributed by atoms with Crippen LogP contribution in [0.15, 0.2) is 48.5 Å². The first-order chi connectivity index (χ1) is 13.3. The number of hydrogen-bond donors (Lipinski definition) is 1. The predicted octanol–water partition coefficient (Wildman–Crippen LogP) is 2.77. The number of likely N-dealkylation sites (N-methyl/N-ethyl adjacent to an activating group) is 1. The average Bonchev–Trinajstić information content (AvgIpc) is 2.98. The number of esters is 1. The van der Waals surface area contributed by atoms with E-state index in [0.29, 0.717) is 17.6 Å². The molecule has 0 saturated carbocycles. The molecule has 0 heterocycles. The summed E-state index contributed by atoms with van der Waals surface area (Å²) in [5.41, 5.74) is 4.65. The molecule has 1 aliphatic carbocycles. The lowest BCUT2D eigenvalue weighted by Gasteiger charge is -2.23. The average molecular weight is 383 g/mol. The van der Waals surface area contributed by atoms with Crippen molar-refractivity contribution in [3.8, 4) is 11.1 Å². The van der Waals surface area contributed by atoms with Gasteiger partial charge in [-0.05, 0) is 22.3 Å². The van der Waals surface area contributed by atoms with Crippen molar-refractivity contribution in [2.75, 3.05) is 47.4 Å². The van der Waals surface area contributed by atoms with Crippen LogP contribution in [0.5, 0.6) is 0 Å². The third-order valence-electron chi connectivity index (χ3n) is 4.75. The van der Waals surface area contributed by atoms with E-state index >= 15 is 0 Å². The van der Waals surface area contributed by atoms with Gasteiger partial charge in [-0.1, -0.05) is 48.5 Å². The van der Waals surface area contributed by atoms with Gasteiger partial charge in [-0.3, -0.25) is 4.79 Å². The van der Waals surface area contributed by atoms with Crippen molar-refractivity contribution < 1.29 is 23.5 Å². The Morgan fingerprint density at radius 3 is 2.07 bits per heavy atom. The molecule has 0 radical (unpaired) electrons. The highest BCUT2D eigenvalue weighted by Crippen LogP contribution is 2.44. The van der Waals surface area contributed by atoms with Crippen LogP contribution in [0, 0.1) is 0 Å². The topological polar surface area (TPSA) is 64.6 Å². The minimum atomic E-state index is -0.620. The lowest BCUT2D eigenvalue weighted by molar-refractivity contribution is -0.870. The normalized spacial score (nSPS) is 12.8. The van der Waals surface area contributed by atoms with Crippen LogP contribution in [0.25, 0.3) is 11.1 Å². The maximum Gasteiger partial charge on any atom is 0.407 e. The third kappa shape index (κ3) is 4.89. The number of quaternary nitrogens is 1.